The van der Waals surface area contributed by atoms with Gasteiger partial charge in [0.25, 0.3) is 0 Å². The van der Waals surface area contributed by atoms with Crippen molar-refractivity contribution in [3.8, 4) is 0 Å². The Morgan fingerprint density at radius 2 is 2.04 bits per heavy atom. The van der Waals surface area contributed by atoms with Crippen molar-refractivity contribution in [3.63, 3.8) is 0 Å². The lowest BCUT2D eigenvalue weighted by Crippen LogP contribution is -2.39. The zero-order valence-corrected chi connectivity index (χ0v) is 15.2. The molecule has 1 saturated heterocycles. The maximum Gasteiger partial charge on any atom is 0.336 e. The molecule has 0 aromatic carbocycles. The highest BCUT2D eigenvalue weighted by molar-refractivity contribution is 5.90. The summed E-state index contributed by atoms with van der Waals surface area (Å²) in [5, 5.41) is 0. The molecule has 0 saturated carbocycles. The third-order valence-electron chi connectivity index (χ3n) is 5.36. The van der Waals surface area contributed by atoms with Crippen molar-refractivity contribution in [1.29, 1.82) is 0 Å². The maximum absolute atomic E-state index is 11.6. The van der Waals surface area contributed by atoms with Gasteiger partial charge in [-0.25, -0.2) is 9.59 Å². The van der Waals surface area contributed by atoms with Crippen LogP contribution in [0.2, 0.25) is 0 Å². The van der Waals surface area contributed by atoms with E-state index in [1.807, 2.05) is 13.0 Å². The molecular formula is C19H27NO5. The number of cyclic esters (lactones) is 2. The zero-order chi connectivity index (χ0) is 18.0. The number of hydrogen-bond donors (Lipinski definition) is 0. The van der Waals surface area contributed by atoms with Gasteiger partial charge in [0.2, 0.25) is 5.79 Å². The van der Waals surface area contributed by atoms with Crippen LogP contribution in [0.5, 0.6) is 0 Å². The molecule has 3 aliphatic rings. The van der Waals surface area contributed by atoms with Crippen LogP contribution in [0.3, 0.4) is 0 Å². The number of rotatable bonds is 7. The van der Waals surface area contributed by atoms with E-state index >= 15 is 0 Å². The minimum absolute atomic E-state index is 0.110. The Hall–Kier alpha value is -1.66. The van der Waals surface area contributed by atoms with E-state index in [9.17, 15) is 9.59 Å². The molecule has 0 aliphatic carbocycles. The van der Waals surface area contributed by atoms with Crippen molar-refractivity contribution in [2.24, 2.45) is 0 Å². The standard InChI is InChI=1S/C19H27NO5/c1-13-11-16(24-17(13)21)15-7-6-10-20(15)9-5-4-8-19(23-3)12-14(2)18(22)25-19/h11-12,15-16H,4-10H2,1-3H3. The minimum Gasteiger partial charge on any atom is -0.453 e. The van der Waals surface area contributed by atoms with Crippen molar-refractivity contribution in [1.82, 2.24) is 4.90 Å². The molecule has 138 valence electrons. The molecule has 6 heteroatoms. The fraction of sp³-hybridized carbons (Fsp3) is 0.684. The largest absolute Gasteiger partial charge is 0.453 e. The number of ether oxygens (including phenoxy) is 3. The Balaban J connectivity index is 1.47. The first kappa shape index (κ1) is 18.1. The van der Waals surface area contributed by atoms with E-state index in [2.05, 4.69) is 4.90 Å². The average Bonchev–Trinajstić information content (AvgIpc) is 3.24. The van der Waals surface area contributed by atoms with Crippen LogP contribution in [0.25, 0.3) is 0 Å². The van der Waals surface area contributed by atoms with E-state index in [1.54, 1.807) is 20.1 Å². The van der Waals surface area contributed by atoms with Crippen LogP contribution in [-0.4, -0.2) is 55.0 Å². The van der Waals surface area contributed by atoms with Crippen molar-refractivity contribution >= 4 is 11.9 Å². The number of carbonyl (C=O) groups excluding carboxylic acids is 2. The van der Waals surface area contributed by atoms with E-state index < -0.39 is 5.79 Å². The zero-order valence-electron chi connectivity index (χ0n) is 15.2. The van der Waals surface area contributed by atoms with Gasteiger partial charge in [-0.15, -0.1) is 0 Å². The summed E-state index contributed by atoms with van der Waals surface area (Å²) in [7, 11) is 1.57. The summed E-state index contributed by atoms with van der Waals surface area (Å²) < 4.78 is 16.3. The maximum atomic E-state index is 11.6. The van der Waals surface area contributed by atoms with Gasteiger partial charge in [-0.05, 0) is 64.8 Å². The lowest BCUT2D eigenvalue weighted by molar-refractivity contribution is -0.191. The van der Waals surface area contributed by atoms with Crippen molar-refractivity contribution in [2.75, 3.05) is 20.2 Å². The smallest absolute Gasteiger partial charge is 0.336 e. The van der Waals surface area contributed by atoms with Crippen molar-refractivity contribution in [3.05, 3.63) is 23.3 Å². The molecule has 3 aliphatic heterocycles. The molecule has 0 aromatic rings. The Morgan fingerprint density at radius 3 is 2.64 bits per heavy atom. The van der Waals surface area contributed by atoms with Gasteiger partial charge in [0.1, 0.15) is 6.10 Å². The average molecular weight is 349 g/mol. The molecule has 0 amide bonds. The van der Waals surface area contributed by atoms with Crippen LogP contribution in [0.15, 0.2) is 23.3 Å². The predicted molar refractivity (Wildman–Crippen MR) is 91.7 cm³/mol. The summed E-state index contributed by atoms with van der Waals surface area (Å²) >= 11 is 0. The van der Waals surface area contributed by atoms with Crippen LogP contribution in [0, 0.1) is 0 Å². The molecule has 0 N–H and O–H groups in total. The molecule has 3 atom stereocenters. The minimum atomic E-state index is -0.896. The molecular weight excluding hydrogens is 322 g/mol. The molecule has 3 heterocycles. The second-order valence-corrected chi connectivity index (χ2v) is 7.16. The summed E-state index contributed by atoms with van der Waals surface area (Å²) in [6.07, 6.45) is 8.35. The predicted octanol–water partition coefficient (Wildman–Crippen LogP) is 2.34. The third-order valence-corrected chi connectivity index (χ3v) is 5.36. The number of likely N-dealkylation sites (tertiary alicyclic amines) is 1. The number of unbranched alkanes of at least 4 members (excludes halogenated alkanes) is 1. The lowest BCUT2D eigenvalue weighted by Gasteiger charge is -2.28. The SMILES string of the molecule is COC1(CCCCN2CCCC2C2C=C(C)C(=O)O2)C=C(C)C(=O)O1. The second-order valence-electron chi connectivity index (χ2n) is 7.16. The van der Waals surface area contributed by atoms with Crippen molar-refractivity contribution in [2.45, 2.75) is 63.9 Å². The van der Waals surface area contributed by atoms with Crippen LogP contribution < -0.4 is 0 Å². The molecule has 25 heavy (non-hydrogen) atoms. The number of carbonyl (C=O) groups is 2. The van der Waals surface area contributed by atoms with E-state index in [4.69, 9.17) is 14.2 Å². The molecule has 3 rings (SSSR count). The number of esters is 2. The molecule has 0 aromatic heterocycles. The van der Waals surface area contributed by atoms with Crippen LogP contribution in [-0.2, 0) is 23.8 Å². The van der Waals surface area contributed by atoms with E-state index in [0.717, 1.165) is 38.8 Å². The van der Waals surface area contributed by atoms with E-state index in [-0.39, 0.29) is 24.1 Å². The molecule has 0 radical (unpaired) electrons. The first-order chi connectivity index (χ1) is 11.9. The first-order valence-electron chi connectivity index (χ1n) is 9.05. The fourth-order valence-electron chi connectivity index (χ4n) is 3.92. The van der Waals surface area contributed by atoms with Crippen LogP contribution >= 0.6 is 0 Å². The topological polar surface area (TPSA) is 65.1 Å². The lowest BCUT2D eigenvalue weighted by atomic mass is 10.1. The highest BCUT2D eigenvalue weighted by atomic mass is 16.7. The Morgan fingerprint density at radius 1 is 1.24 bits per heavy atom. The van der Waals surface area contributed by atoms with Gasteiger partial charge in [0, 0.05) is 24.7 Å². The Kier molecular flexibility index (Phi) is 5.29. The Labute approximate surface area is 148 Å². The quantitative estimate of drug-likeness (QED) is 0.519. The van der Waals surface area contributed by atoms with Gasteiger partial charge in [0.15, 0.2) is 0 Å². The van der Waals surface area contributed by atoms with E-state index in [1.165, 1.54) is 0 Å². The highest BCUT2D eigenvalue weighted by Crippen LogP contribution is 2.31. The van der Waals surface area contributed by atoms with Crippen LogP contribution in [0.1, 0.15) is 46.0 Å². The summed E-state index contributed by atoms with van der Waals surface area (Å²) in [4.78, 5) is 25.6. The first-order valence-corrected chi connectivity index (χ1v) is 9.05. The van der Waals surface area contributed by atoms with Gasteiger partial charge in [-0.2, -0.15) is 0 Å². The van der Waals surface area contributed by atoms with Gasteiger partial charge < -0.3 is 14.2 Å². The summed E-state index contributed by atoms with van der Waals surface area (Å²) in [5.74, 6) is -1.39. The number of hydrogen-bond acceptors (Lipinski definition) is 6. The van der Waals surface area contributed by atoms with Crippen LogP contribution in [0.4, 0.5) is 0 Å². The molecule has 1 fully saturated rings. The normalized spacial score (nSPS) is 32.6. The van der Waals surface area contributed by atoms with Crippen molar-refractivity contribution < 1.29 is 23.8 Å². The number of nitrogens with zero attached hydrogens (tertiary/aromatic N) is 1. The Bertz CT molecular complexity index is 611. The summed E-state index contributed by atoms with van der Waals surface area (Å²) in [5.41, 5.74) is 1.32. The molecule has 0 spiro atoms. The van der Waals surface area contributed by atoms with Gasteiger partial charge >= 0.3 is 11.9 Å². The molecule has 6 nitrogen and oxygen atoms in total. The van der Waals surface area contributed by atoms with E-state index in [0.29, 0.717) is 17.6 Å². The monoisotopic (exact) mass is 349 g/mol. The summed E-state index contributed by atoms with van der Waals surface area (Å²) in [6, 6.07) is 0.282. The summed E-state index contributed by atoms with van der Waals surface area (Å²) in [6.45, 7) is 5.54. The second kappa shape index (κ2) is 7.30. The number of methoxy groups -OCH3 is 1. The third kappa shape index (κ3) is 3.80. The van der Waals surface area contributed by atoms with Gasteiger partial charge in [0.05, 0.1) is 6.04 Å². The molecule has 0 bridgehead atoms. The molecule has 3 unspecified atom stereocenters. The van der Waals surface area contributed by atoms with Gasteiger partial charge in [-0.3, -0.25) is 4.90 Å². The fourth-order valence-corrected chi connectivity index (χ4v) is 3.92. The highest BCUT2D eigenvalue weighted by Gasteiger charge is 2.39. The van der Waals surface area contributed by atoms with Gasteiger partial charge in [-0.1, -0.05) is 0 Å².